The molecule has 14 atom stereocenters. The monoisotopic (exact) mass is 807 g/mol. The highest BCUT2D eigenvalue weighted by Crippen LogP contribution is 2.39. The molecule has 2 saturated heterocycles. The van der Waals surface area contributed by atoms with Crippen LogP contribution in [0, 0.1) is 29.6 Å². The number of allylic oxidation sites excluding steroid dienone is 4. The lowest BCUT2D eigenvalue weighted by molar-refractivity contribution is -0.302. The highest BCUT2D eigenvalue weighted by Gasteiger charge is 2.56. The van der Waals surface area contributed by atoms with Crippen LogP contribution < -0.4 is 0 Å². The van der Waals surface area contributed by atoms with Gasteiger partial charge >= 0.3 is 5.97 Å². The zero-order valence-electron chi connectivity index (χ0n) is 37.2. The maximum Gasteiger partial charge on any atom is 0.329 e. The summed E-state index contributed by atoms with van der Waals surface area (Å²) >= 11 is 0. The largest absolute Gasteiger partial charge is 0.456 e. The summed E-state index contributed by atoms with van der Waals surface area (Å²) in [6.45, 7) is 12.3. The average molecular weight is 808 g/mol. The number of carbonyl (C=O) groups excluding carboxylic acids is 4. The fourth-order valence-corrected chi connectivity index (χ4v) is 9.09. The van der Waals surface area contributed by atoms with Gasteiger partial charge in [0.2, 0.25) is 5.79 Å². The van der Waals surface area contributed by atoms with E-state index in [2.05, 4.69) is 6.58 Å². The maximum atomic E-state index is 14.5. The number of hydrogen-bond acceptors (Lipinski definition) is 12. The van der Waals surface area contributed by atoms with Crippen LogP contribution in [0.2, 0.25) is 0 Å². The van der Waals surface area contributed by atoms with Gasteiger partial charge in [0, 0.05) is 53.4 Å². The zero-order chi connectivity index (χ0) is 44.0. The molecule has 13 heteroatoms. The second-order valence-electron chi connectivity index (χ2n) is 16.9. The molecule has 2 bridgehead atoms. The Balaban J connectivity index is 1.84. The van der Waals surface area contributed by atoms with Crippen molar-refractivity contribution in [3.8, 4) is 0 Å². The minimum absolute atomic E-state index is 0.0215. The van der Waals surface area contributed by atoms with Crippen LogP contribution in [0.3, 0.4) is 0 Å². The Morgan fingerprint density at radius 1 is 0.965 bits per heavy atom. The smallest absolute Gasteiger partial charge is 0.329 e. The number of aliphatic hydroxyl groups is 3. The number of ether oxygens (including phenoxy) is 5. The lowest BCUT2D eigenvalue weighted by Gasteiger charge is -2.47. The summed E-state index contributed by atoms with van der Waals surface area (Å²) in [6, 6.07) is -2.39. The summed E-state index contributed by atoms with van der Waals surface area (Å²) < 4.78 is 48.4. The van der Waals surface area contributed by atoms with Crippen LogP contribution in [-0.4, -0.2) is 126 Å². The molecule has 3 N–H and O–H groups in total. The number of fused-ring (bicyclic) bond motifs is 3. The van der Waals surface area contributed by atoms with Crippen molar-refractivity contribution in [2.45, 2.75) is 160 Å². The molecule has 4 aliphatic rings. The van der Waals surface area contributed by atoms with E-state index in [0.717, 1.165) is 10.5 Å². The summed E-state index contributed by atoms with van der Waals surface area (Å²) in [6.07, 6.45) is 1.50. The van der Waals surface area contributed by atoms with E-state index in [0.29, 0.717) is 50.5 Å². The predicted molar refractivity (Wildman–Crippen MR) is 213 cm³/mol. The third-order valence-corrected chi connectivity index (χ3v) is 12.5. The lowest BCUT2D eigenvalue weighted by Crippen LogP contribution is -2.64. The first-order valence-corrected chi connectivity index (χ1v) is 20.6. The number of amides is 1. The van der Waals surface area contributed by atoms with Gasteiger partial charge in [-0.25, -0.2) is 4.79 Å². The van der Waals surface area contributed by atoms with Crippen molar-refractivity contribution in [2.75, 3.05) is 27.9 Å². The highest BCUT2D eigenvalue weighted by molar-refractivity contribution is 6.39. The number of hydrogen-bond donors (Lipinski definition) is 3. The Hall–Kier alpha value is -2.78. The topological polar surface area (TPSA) is 178 Å². The first-order chi connectivity index (χ1) is 27.7. The van der Waals surface area contributed by atoms with Crippen molar-refractivity contribution in [3.05, 3.63) is 36.0 Å². The molecule has 1 amide bonds. The van der Waals surface area contributed by atoms with E-state index in [1.54, 1.807) is 26.8 Å². The molecule has 3 heterocycles. The number of esters is 1. The van der Waals surface area contributed by atoms with E-state index in [-0.39, 0.29) is 37.6 Å². The summed E-state index contributed by atoms with van der Waals surface area (Å²) in [5, 5.41) is 34.2. The molecule has 13 nitrogen and oxygen atoms in total. The Bertz CT molecular complexity index is 1590. The van der Waals surface area contributed by atoms with Crippen molar-refractivity contribution in [2.24, 2.45) is 29.6 Å². The number of piperidine rings is 1. The molecule has 0 aromatic carbocycles. The number of carbonyl (C=O) groups is 4. The quantitative estimate of drug-likeness (QED) is 0.185. The van der Waals surface area contributed by atoms with E-state index in [4.69, 9.17) is 23.7 Å². The van der Waals surface area contributed by atoms with Gasteiger partial charge in [-0.3, -0.25) is 14.4 Å². The normalized spacial score (nSPS) is 44.1. The molecule has 1 aliphatic carbocycles. The number of ketones is 2. The molecule has 0 radical (unpaired) electrons. The first kappa shape index (κ1) is 43.8. The van der Waals surface area contributed by atoms with Crippen molar-refractivity contribution in [1.29, 1.82) is 0 Å². The fraction of sp³-hybridized carbons (Fsp3) is 0.773. The summed E-state index contributed by atoms with van der Waals surface area (Å²) in [5.41, 5.74) is 1.25. The van der Waals surface area contributed by atoms with Gasteiger partial charge < -0.3 is 43.9 Å². The van der Waals surface area contributed by atoms with E-state index >= 15 is 0 Å². The molecule has 3 aliphatic heterocycles. The van der Waals surface area contributed by atoms with E-state index in [1.807, 2.05) is 19.9 Å². The van der Waals surface area contributed by atoms with Gasteiger partial charge in [0.05, 0.1) is 31.9 Å². The SMILES string of the molecule is [3H][C@]1(CC=C)/C=C(\C)C[C@@H](C)C[C@@H](OC)[C@@H]2O[C@@](O)(C(=O)C(=O)N3CCCC[C@]3([3H])C(=O)O[C@@H](/C(C)=C/[C@H]3CCC(O)C(OC)C3)[C@@H](C)[C@H](O)CC1=O)[C@H](C)C[C@@H]2OC. The van der Waals surface area contributed by atoms with Crippen LogP contribution in [0.25, 0.3) is 0 Å². The van der Waals surface area contributed by atoms with Gasteiger partial charge in [0.25, 0.3) is 11.7 Å². The molecule has 322 valence electrons. The van der Waals surface area contributed by atoms with Crippen molar-refractivity contribution in [1.82, 2.24) is 4.90 Å². The fourth-order valence-electron chi connectivity index (χ4n) is 9.09. The van der Waals surface area contributed by atoms with Gasteiger partial charge in [0.1, 0.15) is 24.0 Å². The average Bonchev–Trinajstić information content (AvgIpc) is 3.19. The molecule has 0 aromatic rings. The summed E-state index contributed by atoms with van der Waals surface area (Å²) in [4.78, 5) is 58.0. The van der Waals surface area contributed by atoms with Crippen LogP contribution in [0.15, 0.2) is 36.0 Å². The summed E-state index contributed by atoms with van der Waals surface area (Å²) in [5.74, 6) is -10.8. The van der Waals surface area contributed by atoms with Crippen molar-refractivity contribution in [3.63, 3.8) is 0 Å². The number of aliphatic hydroxyl groups excluding tert-OH is 2. The van der Waals surface area contributed by atoms with Gasteiger partial charge in [-0.15, -0.1) is 6.58 Å². The second-order valence-corrected chi connectivity index (χ2v) is 16.9. The number of Topliss-reactive ketones (excluding diaryl/α,β-unsaturated/α-hetero) is 2. The molecule has 0 spiro atoms. The second kappa shape index (κ2) is 21.0. The van der Waals surface area contributed by atoms with Gasteiger partial charge in [-0.1, -0.05) is 44.6 Å². The summed E-state index contributed by atoms with van der Waals surface area (Å²) in [7, 11) is 4.48. The van der Waals surface area contributed by atoms with Crippen LogP contribution >= 0.6 is 0 Å². The minimum atomic E-state index is -2.64. The van der Waals surface area contributed by atoms with Crippen LogP contribution in [0.5, 0.6) is 0 Å². The van der Waals surface area contributed by atoms with Crippen LogP contribution in [0.4, 0.5) is 0 Å². The molecular formula is C44H69NO12. The zero-order valence-corrected chi connectivity index (χ0v) is 35.2. The van der Waals surface area contributed by atoms with E-state index < -0.39 is 102 Å². The van der Waals surface area contributed by atoms with E-state index in [1.165, 1.54) is 27.4 Å². The Kier molecular flexibility index (Phi) is 16.1. The van der Waals surface area contributed by atoms with Gasteiger partial charge in [0.15, 0.2) is 0 Å². The number of rotatable bonds is 7. The van der Waals surface area contributed by atoms with Crippen molar-refractivity contribution < 1.29 is 60.9 Å². The molecule has 1 saturated carbocycles. The number of methoxy groups -OCH3 is 3. The van der Waals surface area contributed by atoms with Gasteiger partial charge in [-0.05, 0) is 95.5 Å². The Labute approximate surface area is 342 Å². The Morgan fingerprint density at radius 3 is 2.28 bits per heavy atom. The molecular weight excluding hydrogens is 734 g/mol. The third kappa shape index (κ3) is 11.3. The molecule has 57 heavy (non-hydrogen) atoms. The minimum Gasteiger partial charge on any atom is -0.456 e. The van der Waals surface area contributed by atoms with E-state index in [9.17, 15) is 37.2 Å². The molecule has 0 aromatic heterocycles. The van der Waals surface area contributed by atoms with Crippen molar-refractivity contribution >= 4 is 23.4 Å². The predicted octanol–water partition coefficient (Wildman–Crippen LogP) is 4.64. The molecule has 4 rings (SSSR count). The van der Waals surface area contributed by atoms with Gasteiger partial charge in [-0.2, -0.15) is 0 Å². The Morgan fingerprint density at radius 2 is 1.63 bits per heavy atom. The molecule has 2 unspecified atom stereocenters. The third-order valence-electron chi connectivity index (χ3n) is 12.5. The number of cyclic esters (lactones) is 1. The number of nitrogens with zero attached hydrogens (tertiary/aromatic N) is 1. The standard InChI is InChI=1S/C44H69NO12/c1-10-13-31-19-25(2)18-26(3)20-37(54-8)40-38(55-9)22-28(5)44(52,57-40)41(49)42(50)45-17-12-11-14-32(45)43(51)56-39(29(6)34(47)24-35(31)48)27(4)21-30-15-16-33(46)36(23-30)53-7/h10,19,21,26,28-34,36-40,46-47,52H,1,11-18,20,22-24H2,2-9H3/b25-19+,27-21+/t26-,28-,29+,30-,31+,32-,33?,34-,36?,37-,38+,39+,40+,44-/m1/s1/i31T,32T. The van der Waals surface area contributed by atoms with Crippen LogP contribution in [0.1, 0.15) is 108 Å². The van der Waals surface area contributed by atoms with Crippen LogP contribution in [-0.2, 0) is 42.9 Å². The first-order valence-electron chi connectivity index (χ1n) is 21.6. The highest BCUT2D eigenvalue weighted by atomic mass is 16.7. The molecule has 3 fully saturated rings. The lowest BCUT2D eigenvalue weighted by atomic mass is 9.81. The maximum absolute atomic E-state index is 14.5.